The average molecular weight is 301 g/mol. The normalized spacial score (nSPS) is 11.4. The van der Waals surface area contributed by atoms with Crippen LogP contribution in [0.25, 0.3) is 10.8 Å². The quantitative estimate of drug-likeness (QED) is 0.740. The molecule has 3 aromatic rings. The Balaban J connectivity index is 2.04. The highest BCUT2D eigenvalue weighted by Crippen LogP contribution is 2.19. The SMILES string of the molecule is O=c1ccccn1OS(=O)(=O)c1ccc2ccccc2c1. The Morgan fingerprint density at radius 2 is 1.57 bits per heavy atom. The van der Waals surface area contributed by atoms with Crippen LogP contribution in [0.2, 0.25) is 0 Å². The minimum atomic E-state index is -4.06. The van der Waals surface area contributed by atoms with Crippen molar-refractivity contribution in [2.75, 3.05) is 0 Å². The summed E-state index contributed by atoms with van der Waals surface area (Å²) >= 11 is 0. The largest absolute Gasteiger partial charge is 0.357 e. The Hall–Kier alpha value is -2.60. The zero-order chi connectivity index (χ0) is 14.9. The fourth-order valence-electron chi connectivity index (χ4n) is 1.95. The van der Waals surface area contributed by atoms with Crippen molar-refractivity contribution in [2.45, 2.75) is 4.90 Å². The monoisotopic (exact) mass is 301 g/mol. The zero-order valence-corrected chi connectivity index (χ0v) is 11.7. The molecule has 3 rings (SSSR count). The van der Waals surface area contributed by atoms with Crippen LogP contribution in [-0.2, 0) is 10.1 Å². The van der Waals surface area contributed by atoms with Crippen LogP contribution in [0.3, 0.4) is 0 Å². The van der Waals surface area contributed by atoms with E-state index in [0.29, 0.717) is 4.73 Å². The van der Waals surface area contributed by atoms with Gasteiger partial charge in [-0.2, -0.15) is 8.42 Å². The Bertz CT molecular complexity index is 960. The molecule has 0 fully saturated rings. The van der Waals surface area contributed by atoms with Crippen molar-refractivity contribution in [2.24, 2.45) is 0 Å². The lowest BCUT2D eigenvalue weighted by Gasteiger charge is -2.08. The van der Waals surface area contributed by atoms with E-state index in [-0.39, 0.29) is 4.90 Å². The second-order valence-electron chi connectivity index (χ2n) is 4.40. The van der Waals surface area contributed by atoms with Gasteiger partial charge in [0.05, 0.1) is 0 Å². The molecule has 0 N–H and O–H groups in total. The molecule has 5 nitrogen and oxygen atoms in total. The summed E-state index contributed by atoms with van der Waals surface area (Å²) < 4.78 is 30.0. The van der Waals surface area contributed by atoms with Gasteiger partial charge in [0.2, 0.25) is 0 Å². The Morgan fingerprint density at radius 3 is 2.33 bits per heavy atom. The van der Waals surface area contributed by atoms with Gasteiger partial charge in [0.25, 0.3) is 5.56 Å². The maximum atomic E-state index is 12.2. The molecular weight excluding hydrogens is 290 g/mol. The molecule has 0 saturated heterocycles. The van der Waals surface area contributed by atoms with E-state index in [4.69, 9.17) is 4.28 Å². The number of fused-ring (bicyclic) bond motifs is 1. The first-order valence-electron chi connectivity index (χ1n) is 6.18. The lowest BCUT2D eigenvalue weighted by Crippen LogP contribution is -2.29. The maximum Gasteiger partial charge on any atom is 0.357 e. The van der Waals surface area contributed by atoms with Crippen molar-refractivity contribution in [3.63, 3.8) is 0 Å². The number of aromatic nitrogens is 1. The molecule has 0 saturated carbocycles. The van der Waals surface area contributed by atoms with Crippen molar-refractivity contribution in [1.82, 2.24) is 4.73 Å². The van der Waals surface area contributed by atoms with Gasteiger partial charge in [0, 0.05) is 12.3 Å². The number of benzene rings is 2. The number of hydrogen-bond donors (Lipinski definition) is 0. The molecule has 0 amide bonds. The molecule has 106 valence electrons. The minimum Gasteiger partial charge on any atom is -0.281 e. The van der Waals surface area contributed by atoms with Crippen LogP contribution < -0.4 is 9.84 Å². The first-order chi connectivity index (χ1) is 10.1. The molecule has 2 aromatic carbocycles. The van der Waals surface area contributed by atoms with Crippen LogP contribution in [0.5, 0.6) is 0 Å². The number of hydrogen-bond acceptors (Lipinski definition) is 4. The van der Waals surface area contributed by atoms with Gasteiger partial charge < -0.3 is 0 Å². The summed E-state index contributed by atoms with van der Waals surface area (Å²) in [5.41, 5.74) is -0.554. The van der Waals surface area contributed by atoms with Gasteiger partial charge in [-0.25, -0.2) is 0 Å². The molecule has 0 atom stereocenters. The number of pyridine rings is 1. The summed E-state index contributed by atoms with van der Waals surface area (Å²) in [7, 11) is -4.06. The lowest BCUT2D eigenvalue weighted by atomic mass is 10.1. The van der Waals surface area contributed by atoms with Crippen molar-refractivity contribution >= 4 is 20.9 Å². The highest BCUT2D eigenvalue weighted by atomic mass is 32.2. The molecule has 0 aliphatic heterocycles. The maximum absolute atomic E-state index is 12.2. The minimum absolute atomic E-state index is 0.00282. The molecule has 6 heteroatoms. The molecule has 1 aromatic heterocycles. The van der Waals surface area contributed by atoms with E-state index in [1.54, 1.807) is 6.07 Å². The predicted molar refractivity (Wildman–Crippen MR) is 78.4 cm³/mol. The topological polar surface area (TPSA) is 65.4 Å². The summed E-state index contributed by atoms with van der Waals surface area (Å²) in [4.78, 5) is 11.5. The van der Waals surface area contributed by atoms with E-state index in [9.17, 15) is 13.2 Å². The van der Waals surface area contributed by atoms with Gasteiger partial charge in [-0.1, -0.05) is 36.4 Å². The van der Waals surface area contributed by atoms with Crippen LogP contribution in [0.15, 0.2) is 76.6 Å². The second kappa shape index (κ2) is 5.06. The Morgan fingerprint density at radius 1 is 0.857 bits per heavy atom. The summed E-state index contributed by atoms with van der Waals surface area (Å²) in [5, 5.41) is 1.70. The summed E-state index contributed by atoms with van der Waals surface area (Å²) in [6, 6.07) is 16.3. The van der Waals surface area contributed by atoms with E-state index < -0.39 is 15.7 Å². The van der Waals surface area contributed by atoms with Gasteiger partial charge in [-0.15, -0.1) is 4.73 Å². The third-order valence-corrected chi connectivity index (χ3v) is 4.16. The van der Waals surface area contributed by atoms with Crippen LogP contribution in [0, 0.1) is 0 Å². The van der Waals surface area contributed by atoms with Gasteiger partial charge in [0.1, 0.15) is 4.90 Å². The Kier molecular flexibility index (Phi) is 3.23. The first-order valence-corrected chi connectivity index (χ1v) is 7.58. The summed E-state index contributed by atoms with van der Waals surface area (Å²) in [6.45, 7) is 0. The van der Waals surface area contributed by atoms with Gasteiger partial charge in [-0.3, -0.25) is 9.08 Å². The van der Waals surface area contributed by atoms with Gasteiger partial charge >= 0.3 is 10.1 Å². The van der Waals surface area contributed by atoms with Gasteiger partial charge in [-0.05, 0) is 29.0 Å². The average Bonchev–Trinajstić information content (AvgIpc) is 2.49. The first kappa shape index (κ1) is 13.4. The molecule has 0 unspecified atom stereocenters. The molecule has 0 bridgehead atoms. The molecule has 0 aliphatic carbocycles. The highest BCUT2D eigenvalue weighted by molar-refractivity contribution is 7.87. The van der Waals surface area contributed by atoms with Crippen molar-refractivity contribution in [3.05, 3.63) is 77.2 Å². The highest BCUT2D eigenvalue weighted by Gasteiger charge is 2.17. The van der Waals surface area contributed by atoms with Crippen molar-refractivity contribution < 1.29 is 12.7 Å². The molecule has 0 spiro atoms. The van der Waals surface area contributed by atoms with Crippen LogP contribution in [0.1, 0.15) is 0 Å². The van der Waals surface area contributed by atoms with Gasteiger partial charge in [0.15, 0.2) is 0 Å². The van der Waals surface area contributed by atoms with Crippen LogP contribution >= 0.6 is 0 Å². The zero-order valence-electron chi connectivity index (χ0n) is 10.8. The fourth-order valence-corrected chi connectivity index (χ4v) is 2.87. The lowest BCUT2D eigenvalue weighted by molar-refractivity contribution is 0.267. The smallest absolute Gasteiger partial charge is 0.281 e. The summed E-state index contributed by atoms with van der Waals surface area (Å²) in [5.74, 6) is 0. The number of nitrogens with zero attached hydrogens (tertiary/aromatic N) is 1. The predicted octanol–water partition coefficient (Wildman–Crippen LogP) is 1.82. The molecule has 21 heavy (non-hydrogen) atoms. The number of rotatable bonds is 3. The summed E-state index contributed by atoms with van der Waals surface area (Å²) in [6.07, 6.45) is 1.25. The van der Waals surface area contributed by atoms with E-state index in [1.807, 2.05) is 24.3 Å². The van der Waals surface area contributed by atoms with E-state index in [0.717, 1.165) is 10.8 Å². The molecule has 0 radical (unpaired) electrons. The van der Waals surface area contributed by atoms with E-state index >= 15 is 0 Å². The second-order valence-corrected chi connectivity index (χ2v) is 5.93. The third-order valence-electron chi connectivity index (χ3n) is 2.98. The van der Waals surface area contributed by atoms with Crippen molar-refractivity contribution in [3.8, 4) is 0 Å². The standard InChI is InChI=1S/C15H11NO4S/c17-15-7-3-4-10-16(15)20-21(18,19)14-9-8-12-5-1-2-6-13(12)11-14/h1-11H. The van der Waals surface area contributed by atoms with Crippen LogP contribution in [-0.4, -0.2) is 13.1 Å². The van der Waals surface area contributed by atoms with E-state index in [1.165, 1.54) is 36.5 Å². The Labute approximate surface area is 121 Å². The van der Waals surface area contributed by atoms with E-state index in [2.05, 4.69) is 0 Å². The van der Waals surface area contributed by atoms with Crippen LogP contribution in [0.4, 0.5) is 0 Å². The third kappa shape index (κ3) is 2.66. The molecule has 1 heterocycles. The fraction of sp³-hybridized carbons (Fsp3) is 0. The van der Waals surface area contributed by atoms with Crippen molar-refractivity contribution in [1.29, 1.82) is 0 Å². The molecular formula is C15H11NO4S. The molecule has 0 aliphatic rings.